The fraction of sp³-hybridized carbons (Fsp3) is 0.875. The van der Waals surface area contributed by atoms with Gasteiger partial charge in [0.15, 0.2) is 0 Å². The number of amides is 2. The molecule has 2 heterocycles. The van der Waals surface area contributed by atoms with E-state index in [0.717, 1.165) is 32.2 Å². The third-order valence-corrected chi connectivity index (χ3v) is 4.62. The zero-order chi connectivity index (χ0) is 15.3. The first-order valence-electron chi connectivity index (χ1n) is 8.17. The first-order valence-corrected chi connectivity index (χ1v) is 8.17. The van der Waals surface area contributed by atoms with Gasteiger partial charge in [-0.1, -0.05) is 6.42 Å². The van der Waals surface area contributed by atoms with Crippen LogP contribution in [-0.4, -0.2) is 60.0 Å². The second-order valence-electron chi connectivity index (χ2n) is 6.66. The maximum atomic E-state index is 12.2. The Morgan fingerprint density at radius 2 is 1.86 bits per heavy atom. The molecule has 2 fully saturated rings. The topological polar surface area (TPSA) is 49.9 Å². The van der Waals surface area contributed by atoms with E-state index in [1.807, 2.05) is 9.80 Å². The van der Waals surface area contributed by atoms with Gasteiger partial charge in [-0.25, -0.2) is 0 Å². The van der Waals surface area contributed by atoms with Crippen molar-refractivity contribution in [2.45, 2.75) is 57.9 Å². The van der Waals surface area contributed by atoms with Crippen LogP contribution in [0.5, 0.6) is 0 Å². The average Bonchev–Trinajstić information content (AvgIpc) is 2.71. The lowest BCUT2D eigenvalue weighted by molar-refractivity contribution is -0.140. The fourth-order valence-corrected chi connectivity index (χ4v) is 3.14. The van der Waals surface area contributed by atoms with Crippen molar-refractivity contribution in [3.8, 4) is 0 Å². The van der Waals surface area contributed by atoms with Crippen LogP contribution in [0.4, 0.5) is 0 Å². The number of hydrogen-bond donors (Lipinski definition) is 0. The molecule has 0 atom stereocenters. The molecule has 2 saturated heterocycles. The number of rotatable bonds is 4. The van der Waals surface area contributed by atoms with Crippen LogP contribution in [0.2, 0.25) is 0 Å². The van der Waals surface area contributed by atoms with Crippen LogP contribution in [0, 0.1) is 0 Å². The number of carbonyl (C=O) groups is 2. The van der Waals surface area contributed by atoms with Gasteiger partial charge in [0.05, 0.1) is 13.2 Å². The third kappa shape index (κ3) is 4.43. The van der Waals surface area contributed by atoms with Gasteiger partial charge < -0.3 is 14.5 Å². The van der Waals surface area contributed by atoms with Gasteiger partial charge in [-0.2, -0.15) is 0 Å². The Labute approximate surface area is 127 Å². The SMILES string of the molecule is CC(C)(CCC(=O)N1CCOCC1)N1CCCCCC1=O. The molecule has 0 radical (unpaired) electrons. The Balaban J connectivity index is 1.87. The summed E-state index contributed by atoms with van der Waals surface area (Å²) in [6.07, 6.45) is 5.10. The van der Waals surface area contributed by atoms with E-state index < -0.39 is 0 Å². The van der Waals surface area contributed by atoms with Crippen LogP contribution >= 0.6 is 0 Å². The molecular weight excluding hydrogens is 268 g/mol. The molecule has 0 aromatic carbocycles. The van der Waals surface area contributed by atoms with Crippen molar-refractivity contribution in [2.24, 2.45) is 0 Å². The monoisotopic (exact) mass is 296 g/mol. The van der Waals surface area contributed by atoms with Crippen molar-refractivity contribution < 1.29 is 14.3 Å². The van der Waals surface area contributed by atoms with Crippen LogP contribution in [0.1, 0.15) is 52.4 Å². The van der Waals surface area contributed by atoms with Gasteiger partial charge in [0, 0.05) is 38.0 Å². The molecule has 0 spiro atoms. The van der Waals surface area contributed by atoms with Crippen LogP contribution < -0.4 is 0 Å². The normalized spacial score (nSPS) is 21.3. The number of nitrogens with zero attached hydrogens (tertiary/aromatic N) is 2. The van der Waals surface area contributed by atoms with E-state index in [1.165, 1.54) is 0 Å². The van der Waals surface area contributed by atoms with E-state index in [9.17, 15) is 9.59 Å². The number of likely N-dealkylation sites (tertiary alicyclic amines) is 1. The lowest BCUT2D eigenvalue weighted by Crippen LogP contribution is -2.48. The molecule has 0 N–H and O–H groups in total. The van der Waals surface area contributed by atoms with Crippen molar-refractivity contribution in [3.63, 3.8) is 0 Å². The molecule has 2 amide bonds. The Morgan fingerprint density at radius 1 is 1.14 bits per heavy atom. The number of morpholine rings is 1. The summed E-state index contributed by atoms with van der Waals surface area (Å²) in [5.74, 6) is 0.435. The van der Waals surface area contributed by atoms with Gasteiger partial charge in [0.1, 0.15) is 0 Å². The molecule has 5 nitrogen and oxygen atoms in total. The zero-order valence-corrected chi connectivity index (χ0v) is 13.4. The van der Waals surface area contributed by atoms with Gasteiger partial charge in [0.2, 0.25) is 11.8 Å². The highest BCUT2D eigenvalue weighted by molar-refractivity contribution is 5.78. The minimum Gasteiger partial charge on any atom is -0.378 e. The molecule has 21 heavy (non-hydrogen) atoms. The first-order chi connectivity index (χ1) is 10.0. The van der Waals surface area contributed by atoms with Gasteiger partial charge in [-0.05, 0) is 33.1 Å². The summed E-state index contributed by atoms with van der Waals surface area (Å²) in [4.78, 5) is 28.3. The van der Waals surface area contributed by atoms with E-state index in [0.29, 0.717) is 39.1 Å². The minimum absolute atomic E-state index is 0.189. The minimum atomic E-state index is -0.233. The van der Waals surface area contributed by atoms with E-state index in [2.05, 4.69) is 13.8 Å². The van der Waals surface area contributed by atoms with E-state index in [-0.39, 0.29) is 17.4 Å². The van der Waals surface area contributed by atoms with Crippen LogP contribution in [0.3, 0.4) is 0 Å². The van der Waals surface area contributed by atoms with E-state index in [1.54, 1.807) is 0 Å². The number of ether oxygens (including phenoxy) is 1. The molecule has 2 rings (SSSR count). The van der Waals surface area contributed by atoms with Crippen molar-refractivity contribution in [1.82, 2.24) is 9.80 Å². The molecule has 0 aromatic rings. The highest BCUT2D eigenvalue weighted by atomic mass is 16.5. The molecule has 0 aliphatic carbocycles. The maximum Gasteiger partial charge on any atom is 0.223 e. The molecular formula is C16H28N2O3. The van der Waals surface area contributed by atoms with Crippen LogP contribution in [-0.2, 0) is 14.3 Å². The molecule has 0 aromatic heterocycles. The average molecular weight is 296 g/mol. The summed E-state index contributed by atoms with van der Waals surface area (Å²) < 4.78 is 5.27. The lowest BCUT2D eigenvalue weighted by atomic mass is 9.95. The molecule has 120 valence electrons. The number of hydrogen-bond acceptors (Lipinski definition) is 3. The summed E-state index contributed by atoms with van der Waals surface area (Å²) in [6, 6.07) is 0. The molecule has 0 bridgehead atoms. The summed E-state index contributed by atoms with van der Waals surface area (Å²) in [6.45, 7) is 7.67. The van der Waals surface area contributed by atoms with Gasteiger partial charge >= 0.3 is 0 Å². The molecule has 2 aliphatic rings. The second-order valence-corrected chi connectivity index (χ2v) is 6.66. The molecule has 2 aliphatic heterocycles. The summed E-state index contributed by atoms with van der Waals surface area (Å²) in [5.41, 5.74) is -0.233. The predicted octanol–water partition coefficient (Wildman–Crippen LogP) is 1.81. The van der Waals surface area contributed by atoms with Crippen molar-refractivity contribution in [3.05, 3.63) is 0 Å². The highest BCUT2D eigenvalue weighted by Gasteiger charge is 2.32. The summed E-state index contributed by atoms with van der Waals surface area (Å²) >= 11 is 0. The van der Waals surface area contributed by atoms with Crippen LogP contribution in [0.15, 0.2) is 0 Å². The van der Waals surface area contributed by atoms with E-state index >= 15 is 0 Å². The fourth-order valence-electron chi connectivity index (χ4n) is 3.14. The maximum absolute atomic E-state index is 12.2. The molecule has 0 unspecified atom stereocenters. The quantitative estimate of drug-likeness (QED) is 0.795. The van der Waals surface area contributed by atoms with Crippen molar-refractivity contribution in [2.75, 3.05) is 32.8 Å². The van der Waals surface area contributed by atoms with Crippen molar-refractivity contribution >= 4 is 11.8 Å². The summed E-state index contributed by atoms with van der Waals surface area (Å²) in [5, 5.41) is 0. The van der Waals surface area contributed by atoms with Crippen molar-refractivity contribution in [1.29, 1.82) is 0 Å². The zero-order valence-electron chi connectivity index (χ0n) is 13.4. The molecule has 5 heteroatoms. The van der Waals surface area contributed by atoms with Crippen LogP contribution in [0.25, 0.3) is 0 Å². The first kappa shape index (κ1) is 16.3. The lowest BCUT2D eigenvalue weighted by Gasteiger charge is -2.38. The smallest absolute Gasteiger partial charge is 0.223 e. The Hall–Kier alpha value is -1.10. The summed E-state index contributed by atoms with van der Waals surface area (Å²) in [7, 11) is 0. The van der Waals surface area contributed by atoms with E-state index in [4.69, 9.17) is 4.74 Å². The Morgan fingerprint density at radius 3 is 2.57 bits per heavy atom. The molecule has 0 saturated carbocycles. The predicted molar refractivity (Wildman–Crippen MR) is 80.9 cm³/mol. The second kappa shape index (κ2) is 7.25. The largest absolute Gasteiger partial charge is 0.378 e. The van der Waals surface area contributed by atoms with Gasteiger partial charge in [-0.3, -0.25) is 9.59 Å². The number of carbonyl (C=O) groups excluding carboxylic acids is 2. The Kier molecular flexibility index (Phi) is 5.62. The van der Waals surface area contributed by atoms with Gasteiger partial charge in [0.25, 0.3) is 0 Å². The standard InChI is InChI=1S/C16H28N2O3/c1-16(2,18-9-5-3-4-6-15(18)20)8-7-14(19)17-10-12-21-13-11-17/h3-13H2,1-2H3. The third-order valence-electron chi connectivity index (χ3n) is 4.62. The Bertz CT molecular complexity index is 376. The van der Waals surface area contributed by atoms with Gasteiger partial charge in [-0.15, -0.1) is 0 Å². The highest BCUT2D eigenvalue weighted by Crippen LogP contribution is 2.25.